The lowest BCUT2D eigenvalue weighted by Crippen LogP contribution is -2.18. The number of ether oxygens (including phenoxy) is 1. The van der Waals surface area contributed by atoms with Crippen molar-refractivity contribution in [1.29, 1.82) is 0 Å². The van der Waals surface area contributed by atoms with E-state index in [-0.39, 0.29) is 5.97 Å². The minimum absolute atomic E-state index is 0.268. The average molecular weight is 172 g/mol. The van der Waals surface area contributed by atoms with Gasteiger partial charge in [-0.3, -0.25) is 9.59 Å². The largest absolute Gasteiger partial charge is 0.455 e. The van der Waals surface area contributed by atoms with Crippen LogP contribution in [0.3, 0.4) is 0 Å². The fraction of sp³-hybridized carbons (Fsp3) is 0.778. The first-order chi connectivity index (χ1) is 5.74. The zero-order chi connectivity index (χ0) is 9.40. The molecule has 0 bridgehead atoms. The van der Waals surface area contributed by atoms with Gasteiger partial charge < -0.3 is 4.74 Å². The Balaban J connectivity index is 3.58. The molecule has 0 heterocycles. The predicted molar refractivity (Wildman–Crippen MR) is 45.8 cm³/mol. The van der Waals surface area contributed by atoms with Crippen molar-refractivity contribution in [2.45, 2.75) is 45.6 Å². The molecule has 0 spiro atoms. The predicted octanol–water partition coefficient (Wildman–Crippen LogP) is 1.70. The van der Waals surface area contributed by atoms with Crippen molar-refractivity contribution in [1.82, 2.24) is 0 Å². The second-order valence-corrected chi connectivity index (χ2v) is 2.68. The zero-order valence-corrected chi connectivity index (χ0v) is 7.71. The van der Waals surface area contributed by atoms with Crippen LogP contribution in [0.2, 0.25) is 0 Å². The van der Waals surface area contributed by atoms with Crippen molar-refractivity contribution in [3.63, 3.8) is 0 Å². The van der Waals surface area contributed by atoms with E-state index < -0.39 is 6.10 Å². The van der Waals surface area contributed by atoms with Crippen molar-refractivity contribution >= 4 is 12.3 Å². The summed E-state index contributed by atoms with van der Waals surface area (Å²) in [6, 6.07) is 0. The third-order valence-electron chi connectivity index (χ3n) is 1.57. The molecule has 0 aromatic carbocycles. The first kappa shape index (κ1) is 11.1. The molecule has 0 saturated heterocycles. The van der Waals surface area contributed by atoms with Crippen LogP contribution in [0.5, 0.6) is 0 Å². The van der Waals surface area contributed by atoms with E-state index in [1.54, 1.807) is 0 Å². The Hall–Kier alpha value is -0.860. The second kappa shape index (κ2) is 6.83. The summed E-state index contributed by atoms with van der Waals surface area (Å²) in [4.78, 5) is 21.2. The Morgan fingerprint density at radius 2 is 2.17 bits per heavy atom. The van der Waals surface area contributed by atoms with Crippen LogP contribution < -0.4 is 0 Å². The lowest BCUT2D eigenvalue weighted by atomic mass is 10.2. The molecule has 70 valence electrons. The van der Waals surface area contributed by atoms with Gasteiger partial charge in [0.2, 0.25) is 0 Å². The summed E-state index contributed by atoms with van der Waals surface area (Å²) in [5.74, 6) is -0.268. The molecule has 0 radical (unpaired) electrons. The number of unbranched alkanes of at least 4 members (excludes halogenated alkanes) is 1. The normalized spacial score (nSPS) is 12.2. The van der Waals surface area contributed by atoms with Crippen LogP contribution in [-0.2, 0) is 14.3 Å². The van der Waals surface area contributed by atoms with E-state index in [1.165, 1.54) is 0 Å². The van der Waals surface area contributed by atoms with Crippen LogP contribution in [0.1, 0.15) is 39.5 Å². The number of esters is 1. The standard InChI is InChI=1S/C9H16O3/c1-3-5-6-9(11)12-8(4-2)7-10/h7-8H,3-6H2,1-2H3. The van der Waals surface area contributed by atoms with Gasteiger partial charge in [-0.1, -0.05) is 20.3 Å². The van der Waals surface area contributed by atoms with E-state index in [2.05, 4.69) is 0 Å². The molecule has 3 nitrogen and oxygen atoms in total. The highest BCUT2D eigenvalue weighted by Gasteiger charge is 2.09. The van der Waals surface area contributed by atoms with Crippen LogP contribution in [0.15, 0.2) is 0 Å². The molecule has 0 aromatic rings. The number of carbonyl (C=O) groups is 2. The summed E-state index contributed by atoms with van der Waals surface area (Å²) >= 11 is 0. The molecule has 0 aliphatic heterocycles. The summed E-state index contributed by atoms with van der Waals surface area (Å²) in [6.07, 6.45) is 2.89. The Bertz CT molecular complexity index is 143. The van der Waals surface area contributed by atoms with Crippen molar-refractivity contribution in [2.24, 2.45) is 0 Å². The van der Waals surface area contributed by atoms with E-state index in [9.17, 15) is 9.59 Å². The van der Waals surface area contributed by atoms with Crippen LogP contribution in [0, 0.1) is 0 Å². The molecule has 0 rings (SSSR count). The molecule has 0 aliphatic rings. The van der Waals surface area contributed by atoms with E-state index in [0.717, 1.165) is 12.8 Å². The number of carbonyl (C=O) groups excluding carboxylic acids is 2. The summed E-state index contributed by atoms with van der Waals surface area (Å²) < 4.78 is 4.84. The first-order valence-corrected chi connectivity index (χ1v) is 4.39. The lowest BCUT2D eigenvalue weighted by Gasteiger charge is -2.08. The molecule has 0 amide bonds. The third kappa shape index (κ3) is 4.88. The molecule has 0 aromatic heterocycles. The highest BCUT2D eigenvalue weighted by atomic mass is 16.5. The average Bonchev–Trinajstić information content (AvgIpc) is 2.10. The Kier molecular flexibility index (Phi) is 6.34. The smallest absolute Gasteiger partial charge is 0.306 e. The van der Waals surface area contributed by atoms with Gasteiger partial charge in [0.1, 0.15) is 0 Å². The number of rotatable bonds is 6. The van der Waals surface area contributed by atoms with Crippen molar-refractivity contribution in [2.75, 3.05) is 0 Å². The quantitative estimate of drug-likeness (QED) is 0.452. The maximum absolute atomic E-state index is 10.9. The van der Waals surface area contributed by atoms with Crippen LogP contribution in [0.4, 0.5) is 0 Å². The molecular weight excluding hydrogens is 156 g/mol. The minimum atomic E-state index is -0.547. The highest BCUT2D eigenvalue weighted by Crippen LogP contribution is 2.01. The minimum Gasteiger partial charge on any atom is -0.455 e. The van der Waals surface area contributed by atoms with Gasteiger partial charge in [-0.25, -0.2) is 0 Å². The second-order valence-electron chi connectivity index (χ2n) is 2.68. The molecule has 3 heteroatoms. The fourth-order valence-corrected chi connectivity index (χ4v) is 0.756. The molecule has 1 unspecified atom stereocenters. The SMILES string of the molecule is CCCCC(=O)OC(C=O)CC. The molecule has 0 saturated carbocycles. The van der Waals surface area contributed by atoms with Crippen LogP contribution >= 0.6 is 0 Å². The van der Waals surface area contributed by atoms with E-state index in [4.69, 9.17) is 4.74 Å². The highest BCUT2D eigenvalue weighted by molar-refractivity contribution is 5.72. The Morgan fingerprint density at radius 1 is 1.50 bits per heavy atom. The van der Waals surface area contributed by atoms with Crippen molar-refractivity contribution in [3.05, 3.63) is 0 Å². The molecule has 0 aliphatic carbocycles. The van der Waals surface area contributed by atoms with Crippen LogP contribution in [-0.4, -0.2) is 18.4 Å². The van der Waals surface area contributed by atoms with E-state index >= 15 is 0 Å². The summed E-state index contributed by atoms with van der Waals surface area (Å²) in [6.45, 7) is 3.82. The van der Waals surface area contributed by atoms with Gasteiger partial charge in [0.25, 0.3) is 0 Å². The molecule has 0 fully saturated rings. The van der Waals surface area contributed by atoms with Gasteiger partial charge in [0.05, 0.1) is 0 Å². The zero-order valence-electron chi connectivity index (χ0n) is 7.71. The van der Waals surface area contributed by atoms with Crippen LogP contribution in [0.25, 0.3) is 0 Å². The molecule has 1 atom stereocenters. The van der Waals surface area contributed by atoms with Crippen molar-refractivity contribution in [3.8, 4) is 0 Å². The van der Waals surface area contributed by atoms with Gasteiger partial charge in [-0.2, -0.15) is 0 Å². The summed E-state index contributed by atoms with van der Waals surface area (Å²) in [5.41, 5.74) is 0. The third-order valence-corrected chi connectivity index (χ3v) is 1.57. The van der Waals surface area contributed by atoms with Gasteiger partial charge in [-0.15, -0.1) is 0 Å². The van der Waals surface area contributed by atoms with Gasteiger partial charge in [0.15, 0.2) is 12.4 Å². The van der Waals surface area contributed by atoms with Gasteiger partial charge >= 0.3 is 5.97 Å². The number of hydrogen-bond donors (Lipinski definition) is 0. The maximum atomic E-state index is 10.9. The number of aldehydes is 1. The maximum Gasteiger partial charge on any atom is 0.306 e. The number of hydrogen-bond acceptors (Lipinski definition) is 3. The van der Waals surface area contributed by atoms with Crippen molar-refractivity contribution < 1.29 is 14.3 Å². The molecule has 12 heavy (non-hydrogen) atoms. The lowest BCUT2D eigenvalue weighted by molar-refractivity contribution is -0.152. The first-order valence-electron chi connectivity index (χ1n) is 4.39. The Morgan fingerprint density at radius 3 is 2.58 bits per heavy atom. The molecule has 0 N–H and O–H groups in total. The summed E-state index contributed by atoms with van der Waals surface area (Å²) in [7, 11) is 0. The fourth-order valence-electron chi connectivity index (χ4n) is 0.756. The summed E-state index contributed by atoms with van der Waals surface area (Å²) in [5, 5.41) is 0. The Labute approximate surface area is 73.1 Å². The van der Waals surface area contributed by atoms with E-state index in [0.29, 0.717) is 19.1 Å². The topological polar surface area (TPSA) is 43.4 Å². The van der Waals surface area contributed by atoms with E-state index in [1.807, 2.05) is 13.8 Å². The van der Waals surface area contributed by atoms with Gasteiger partial charge in [0, 0.05) is 6.42 Å². The monoisotopic (exact) mass is 172 g/mol. The van der Waals surface area contributed by atoms with Gasteiger partial charge in [-0.05, 0) is 12.8 Å². The molecular formula is C9H16O3.